The molecule has 31 heavy (non-hydrogen) atoms. The first kappa shape index (κ1) is 20.4. The van der Waals surface area contributed by atoms with Gasteiger partial charge in [-0.05, 0) is 72.8 Å². The molecule has 0 saturated heterocycles. The van der Waals surface area contributed by atoms with Gasteiger partial charge in [-0.3, -0.25) is 9.59 Å². The van der Waals surface area contributed by atoms with Crippen molar-refractivity contribution in [2.24, 2.45) is 0 Å². The van der Waals surface area contributed by atoms with Gasteiger partial charge >= 0.3 is 0 Å². The lowest BCUT2D eigenvalue weighted by atomic mass is 10.1. The van der Waals surface area contributed by atoms with Gasteiger partial charge in [-0.15, -0.1) is 0 Å². The van der Waals surface area contributed by atoms with Gasteiger partial charge in [0.15, 0.2) is 0 Å². The smallest absolute Gasteiger partial charge is 0.258 e. The van der Waals surface area contributed by atoms with Gasteiger partial charge in [-0.1, -0.05) is 30.3 Å². The number of nitrogens with zero attached hydrogens (tertiary/aromatic N) is 1. The molecule has 0 aliphatic heterocycles. The maximum absolute atomic E-state index is 13.5. The quantitative estimate of drug-likeness (QED) is 0.502. The van der Waals surface area contributed by atoms with E-state index in [1.54, 1.807) is 36.3 Å². The second-order valence-electron chi connectivity index (χ2n) is 7.60. The van der Waals surface area contributed by atoms with Crippen LogP contribution in [0.25, 0.3) is 10.9 Å². The number of carbonyl (C=O) groups is 1. The number of anilines is 1. The molecule has 5 nitrogen and oxygen atoms in total. The maximum atomic E-state index is 13.5. The summed E-state index contributed by atoms with van der Waals surface area (Å²) >= 11 is 0. The number of para-hydroxylation sites is 1. The van der Waals surface area contributed by atoms with Gasteiger partial charge < -0.3 is 14.6 Å². The first-order chi connectivity index (χ1) is 15.0. The number of amides is 1. The molecule has 0 aliphatic carbocycles. The van der Waals surface area contributed by atoms with E-state index in [1.165, 1.54) is 0 Å². The average molecular weight is 412 g/mol. The number of rotatable bonds is 5. The Labute approximate surface area is 180 Å². The molecular weight excluding hydrogens is 388 g/mol. The lowest BCUT2D eigenvalue weighted by molar-refractivity contribution is 0.0984. The molecule has 0 aliphatic rings. The van der Waals surface area contributed by atoms with Crippen molar-refractivity contribution in [1.82, 2.24) is 4.98 Å². The Balaban J connectivity index is 1.80. The van der Waals surface area contributed by atoms with E-state index in [1.807, 2.05) is 62.4 Å². The number of ether oxygens (including phenoxy) is 1. The topological polar surface area (TPSA) is 62.4 Å². The standard InChI is InChI=1S/C26H24N2O3/c1-17-11-12-22(13-18(17)2)28(26(30)20-8-6-9-23(15-20)31-3)16-21-14-19-7-4-5-10-24(19)27-25(21)29/h4-15H,16H2,1-3H3,(H,27,29). The Morgan fingerprint density at radius 1 is 0.935 bits per heavy atom. The van der Waals surface area contributed by atoms with E-state index < -0.39 is 0 Å². The lowest BCUT2D eigenvalue weighted by Gasteiger charge is -2.24. The third kappa shape index (κ3) is 4.21. The number of H-pyrrole nitrogens is 1. The molecule has 0 atom stereocenters. The summed E-state index contributed by atoms with van der Waals surface area (Å²) in [4.78, 5) is 30.9. The van der Waals surface area contributed by atoms with Crippen molar-refractivity contribution in [1.29, 1.82) is 0 Å². The molecule has 1 N–H and O–H groups in total. The van der Waals surface area contributed by atoms with Crippen LogP contribution in [0.3, 0.4) is 0 Å². The van der Waals surface area contributed by atoms with Crippen LogP contribution in [0.5, 0.6) is 5.75 Å². The number of benzene rings is 3. The van der Waals surface area contributed by atoms with E-state index in [9.17, 15) is 9.59 Å². The number of aromatic amines is 1. The third-order valence-electron chi connectivity index (χ3n) is 5.52. The molecule has 156 valence electrons. The van der Waals surface area contributed by atoms with Gasteiger partial charge in [0, 0.05) is 22.3 Å². The molecule has 5 heteroatoms. The first-order valence-electron chi connectivity index (χ1n) is 10.1. The van der Waals surface area contributed by atoms with Crippen LogP contribution in [-0.2, 0) is 6.54 Å². The third-order valence-corrected chi connectivity index (χ3v) is 5.52. The van der Waals surface area contributed by atoms with E-state index in [-0.39, 0.29) is 18.0 Å². The highest BCUT2D eigenvalue weighted by atomic mass is 16.5. The molecule has 0 saturated carbocycles. The predicted octanol–water partition coefficient (Wildman–Crippen LogP) is 5.00. The molecule has 4 rings (SSSR count). The van der Waals surface area contributed by atoms with Crippen LogP contribution >= 0.6 is 0 Å². The van der Waals surface area contributed by atoms with E-state index in [2.05, 4.69) is 4.98 Å². The molecule has 4 aromatic rings. The normalized spacial score (nSPS) is 10.8. The van der Waals surface area contributed by atoms with Gasteiger partial charge in [0.1, 0.15) is 5.75 Å². The first-order valence-corrected chi connectivity index (χ1v) is 10.1. The van der Waals surface area contributed by atoms with Gasteiger partial charge in [-0.25, -0.2) is 0 Å². The van der Waals surface area contributed by atoms with Crippen LogP contribution in [0.1, 0.15) is 27.0 Å². The Bertz CT molecular complexity index is 1320. The highest BCUT2D eigenvalue weighted by Gasteiger charge is 2.21. The monoisotopic (exact) mass is 412 g/mol. The fourth-order valence-electron chi connectivity index (χ4n) is 3.57. The Kier molecular flexibility index (Phi) is 5.58. The summed E-state index contributed by atoms with van der Waals surface area (Å²) < 4.78 is 5.29. The Morgan fingerprint density at radius 3 is 2.52 bits per heavy atom. The molecule has 1 heterocycles. The molecule has 3 aromatic carbocycles. The minimum atomic E-state index is -0.203. The number of aromatic nitrogens is 1. The summed E-state index contributed by atoms with van der Waals surface area (Å²) in [5.74, 6) is 0.407. The number of nitrogens with one attached hydrogen (secondary N) is 1. The second kappa shape index (κ2) is 8.48. The molecule has 1 amide bonds. The fourth-order valence-corrected chi connectivity index (χ4v) is 3.57. The zero-order valence-corrected chi connectivity index (χ0v) is 17.8. The van der Waals surface area contributed by atoms with Crippen molar-refractivity contribution in [3.8, 4) is 5.75 Å². The molecule has 0 radical (unpaired) electrons. The van der Waals surface area contributed by atoms with E-state index in [4.69, 9.17) is 4.74 Å². The van der Waals surface area contributed by atoms with Gasteiger partial charge in [-0.2, -0.15) is 0 Å². The number of aryl methyl sites for hydroxylation is 2. The van der Waals surface area contributed by atoms with Gasteiger partial charge in [0.05, 0.1) is 13.7 Å². The highest BCUT2D eigenvalue weighted by Crippen LogP contribution is 2.24. The SMILES string of the molecule is COc1cccc(C(=O)N(Cc2cc3ccccc3[nH]c2=O)c2ccc(C)c(C)c2)c1. The van der Waals surface area contributed by atoms with Crippen LogP contribution in [0.4, 0.5) is 5.69 Å². The van der Waals surface area contributed by atoms with Crippen LogP contribution in [-0.4, -0.2) is 18.0 Å². The maximum Gasteiger partial charge on any atom is 0.258 e. The Morgan fingerprint density at radius 2 is 1.74 bits per heavy atom. The van der Waals surface area contributed by atoms with Crippen LogP contribution in [0, 0.1) is 13.8 Å². The van der Waals surface area contributed by atoms with Crippen molar-refractivity contribution in [3.05, 3.63) is 105 Å². The van der Waals surface area contributed by atoms with Crippen molar-refractivity contribution < 1.29 is 9.53 Å². The van der Waals surface area contributed by atoms with E-state index >= 15 is 0 Å². The van der Waals surface area contributed by atoms with E-state index in [0.717, 1.165) is 27.7 Å². The molecule has 0 bridgehead atoms. The van der Waals surface area contributed by atoms with Crippen molar-refractivity contribution in [2.75, 3.05) is 12.0 Å². The minimum absolute atomic E-state index is 0.151. The zero-order chi connectivity index (χ0) is 22.0. The van der Waals surface area contributed by atoms with E-state index in [0.29, 0.717) is 16.9 Å². The zero-order valence-electron chi connectivity index (χ0n) is 17.8. The summed E-state index contributed by atoms with van der Waals surface area (Å²) in [5, 5.41) is 0.922. The summed E-state index contributed by atoms with van der Waals surface area (Å²) in [7, 11) is 1.57. The van der Waals surface area contributed by atoms with Crippen LogP contribution in [0.2, 0.25) is 0 Å². The van der Waals surface area contributed by atoms with Crippen LogP contribution < -0.4 is 15.2 Å². The average Bonchev–Trinajstić information content (AvgIpc) is 2.79. The van der Waals surface area contributed by atoms with Crippen molar-refractivity contribution in [3.63, 3.8) is 0 Å². The molecule has 1 aromatic heterocycles. The number of fused-ring (bicyclic) bond motifs is 1. The molecule has 0 spiro atoms. The number of carbonyl (C=O) groups excluding carboxylic acids is 1. The number of pyridine rings is 1. The summed E-state index contributed by atoms with van der Waals surface area (Å²) in [5.41, 5.74) is 4.54. The van der Waals surface area contributed by atoms with Gasteiger partial charge in [0.2, 0.25) is 0 Å². The molecule has 0 unspecified atom stereocenters. The summed E-state index contributed by atoms with van der Waals surface area (Å²) in [6.07, 6.45) is 0. The Hall–Kier alpha value is -3.86. The summed E-state index contributed by atoms with van der Waals surface area (Å²) in [6, 6.07) is 22.4. The van der Waals surface area contributed by atoms with Crippen LogP contribution in [0.15, 0.2) is 77.6 Å². The van der Waals surface area contributed by atoms with Crippen molar-refractivity contribution >= 4 is 22.5 Å². The second-order valence-corrected chi connectivity index (χ2v) is 7.60. The number of hydrogen-bond donors (Lipinski definition) is 1. The fraction of sp³-hybridized carbons (Fsp3) is 0.154. The lowest BCUT2D eigenvalue weighted by Crippen LogP contribution is -2.33. The van der Waals surface area contributed by atoms with Crippen molar-refractivity contribution in [2.45, 2.75) is 20.4 Å². The molecular formula is C26H24N2O3. The minimum Gasteiger partial charge on any atom is -0.497 e. The highest BCUT2D eigenvalue weighted by molar-refractivity contribution is 6.06. The molecule has 0 fully saturated rings. The number of hydrogen-bond acceptors (Lipinski definition) is 3. The van der Waals surface area contributed by atoms with Gasteiger partial charge in [0.25, 0.3) is 11.5 Å². The largest absolute Gasteiger partial charge is 0.497 e. The summed E-state index contributed by atoms with van der Waals surface area (Å²) in [6.45, 7) is 4.19. The number of methoxy groups -OCH3 is 1. The predicted molar refractivity (Wildman–Crippen MR) is 124 cm³/mol.